The van der Waals surface area contributed by atoms with Crippen LogP contribution in [0.15, 0.2) is 24.3 Å². The summed E-state index contributed by atoms with van der Waals surface area (Å²) in [6.07, 6.45) is 6.46. The summed E-state index contributed by atoms with van der Waals surface area (Å²) in [6, 6.07) is 11.7. The van der Waals surface area contributed by atoms with Crippen molar-refractivity contribution in [2.45, 2.75) is 81.2 Å². The van der Waals surface area contributed by atoms with Crippen LogP contribution in [0.25, 0.3) is 0 Å². The van der Waals surface area contributed by atoms with Gasteiger partial charge in [-0.1, -0.05) is 24.3 Å². The lowest BCUT2D eigenvalue weighted by Crippen LogP contribution is -2.53. The van der Waals surface area contributed by atoms with Gasteiger partial charge in [-0.15, -0.1) is 0 Å². The van der Waals surface area contributed by atoms with Crippen molar-refractivity contribution in [3.05, 3.63) is 46.6 Å². The predicted molar refractivity (Wildman–Crippen MR) is 151 cm³/mol. The topological polar surface area (TPSA) is 80.6 Å². The maximum atomic E-state index is 14.4. The van der Waals surface area contributed by atoms with E-state index in [1.54, 1.807) is 0 Å². The molecule has 3 saturated heterocycles. The minimum atomic E-state index is -0.788. The molecule has 3 fully saturated rings. The number of hydrogen-bond acceptors (Lipinski definition) is 8. The van der Waals surface area contributed by atoms with Crippen molar-refractivity contribution in [2.75, 3.05) is 51.3 Å². The maximum absolute atomic E-state index is 14.4. The molecule has 1 spiro atoms. The number of hydrogen-bond donors (Lipinski definition) is 1. The van der Waals surface area contributed by atoms with Crippen LogP contribution in [-0.4, -0.2) is 83.9 Å². The van der Waals surface area contributed by atoms with Crippen LogP contribution in [0.2, 0.25) is 0 Å². The second kappa shape index (κ2) is 10.2. The third-order valence-corrected chi connectivity index (χ3v) is 10.3. The number of fused-ring (bicyclic) bond motifs is 4. The third-order valence-electron chi connectivity index (χ3n) is 10.3. The van der Waals surface area contributed by atoms with E-state index in [1.165, 1.54) is 16.7 Å². The number of nitriles is 1. The highest BCUT2D eigenvalue weighted by Gasteiger charge is 2.50. The molecule has 0 saturated carbocycles. The van der Waals surface area contributed by atoms with Crippen molar-refractivity contribution in [3.63, 3.8) is 0 Å². The summed E-state index contributed by atoms with van der Waals surface area (Å²) in [7, 11) is 2.25. The van der Waals surface area contributed by atoms with Gasteiger partial charge in [-0.25, -0.2) is 4.39 Å². The number of rotatable bonds is 5. The number of aryl methyl sites for hydroxylation is 1. The molecule has 8 nitrogen and oxygen atoms in total. The lowest BCUT2D eigenvalue weighted by atomic mass is 9.71. The van der Waals surface area contributed by atoms with E-state index < -0.39 is 6.17 Å². The molecule has 0 radical (unpaired) electrons. The Morgan fingerprint density at radius 3 is 2.98 bits per heavy atom. The fourth-order valence-corrected chi connectivity index (χ4v) is 8.32. The summed E-state index contributed by atoms with van der Waals surface area (Å²) >= 11 is 0. The van der Waals surface area contributed by atoms with Gasteiger partial charge in [0, 0.05) is 57.2 Å². The fourth-order valence-electron chi connectivity index (χ4n) is 8.32. The summed E-state index contributed by atoms with van der Waals surface area (Å²) in [6.45, 7) is 5.01. The Labute approximate surface area is 236 Å². The molecule has 4 atom stereocenters. The van der Waals surface area contributed by atoms with Crippen molar-refractivity contribution in [1.82, 2.24) is 25.1 Å². The number of likely N-dealkylation sites (N-methyl/N-ethyl adjacent to an activating group) is 1. The maximum Gasteiger partial charge on any atom is 0.318 e. The van der Waals surface area contributed by atoms with Gasteiger partial charge in [0.15, 0.2) is 0 Å². The molecule has 0 bridgehead atoms. The molecule has 1 aliphatic carbocycles. The quantitative estimate of drug-likeness (QED) is 0.613. The third kappa shape index (κ3) is 4.36. The van der Waals surface area contributed by atoms with Gasteiger partial charge in [0.2, 0.25) is 0 Å². The summed E-state index contributed by atoms with van der Waals surface area (Å²) < 4.78 is 20.9. The number of aromatic nitrogens is 2. The Hall–Kier alpha value is -2.80. The van der Waals surface area contributed by atoms with Gasteiger partial charge in [-0.05, 0) is 56.8 Å². The fraction of sp³-hybridized carbons (Fsp3) is 0.645. The molecule has 4 aliphatic heterocycles. The smallest absolute Gasteiger partial charge is 0.318 e. The Morgan fingerprint density at radius 2 is 2.08 bits per heavy atom. The molecule has 9 heteroatoms. The number of anilines is 1. The van der Waals surface area contributed by atoms with Crippen molar-refractivity contribution < 1.29 is 9.13 Å². The first-order valence-corrected chi connectivity index (χ1v) is 15.1. The van der Waals surface area contributed by atoms with Crippen LogP contribution in [0.5, 0.6) is 6.01 Å². The first kappa shape index (κ1) is 26.1. The van der Waals surface area contributed by atoms with Gasteiger partial charge in [-0.3, -0.25) is 9.80 Å². The molecule has 1 aromatic carbocycles. The molecule has 5 heterocycles. The highest BCUT2D eigenvalue weighted by molar-refractivity contribution is 5.53. The van der Waals surface area contributed by atoms with E-state index in [9.17, 15) is 9.65 Å². The lowest BCUT2D eigenvalue weighted by molar-refractivity contribution is 0.0713. The first-order valence-electron chi connectivity index (χ1n) is 15.1. The zero-order chi connectivity index (χ0) is 27.3. The minimum Gasteiger partial charge on any atom is -0.461 e. The van der Waals surface area contributed by atoms with Crippen LogP contribution in [-0.2, 0) is 24.9 Å². The molecular weight excluding hydrogens is 505 g/mol. The molecule has 7 rings (SSSR count). The number of ether oxygens (including phenoxy) is 1. The number of alkyl halides is 1. The molecule has 1 unspecified atom stereocenters. The van der Waals surface area contributed by atoms with Gasteiger partial charge in [0.25, 0.3) is 0 Å². The summed E-state index contributed by atoms with van der Waals surface area (Å²) in [5.41, 5.74) is 4.78. The second-order valence-electron chi connectivity index (χ2n) is 12.7. The monoisotopic (exact) mass is 545 g/mol. The van der Waals surface area contributed by atoms with Crippen LogP contribution < -0.4 is 15.0 Å². The molecule has 0 amide bonds. The Morgan fingerprint density at radius 1 is 1.18 bits per heavy atom. The normalized spacial score (nSPS) is 32.0. The molecule has 5 aliphatic rings. The van der Waals surface area contributed by atoms with Crippen LogP contribution in [0.4, 0.5) is 10.2 Å². The zero-order valence-corrected chi connectivity index (χ0v) is 23.5. The first-order chi connectivity index (χ1) is 19.5. The Balaban J connectivity index is 1.25. The standard InChI is InChI=1S/C31H40FN7O/c1-37-20-25-27(17-31(37)11-4-7-22-6-2-3-8-26(22)31)35-29(36-28(25)38-15-13-34-24(19-38)9-12-33)40-21-30-10-5-14-39(30)18-23(32)16-30/h2-3,6,8,23-24,34H,4-5,7,9-11,13-21H2,1H3/t23-,24+,30+,31?/m1/s1. The zero-order valence-electron chi connectivity index (χ0n) is 23.5. The van der Waals surface area contributed by atoms with Crippen molar-refractivity contribution in [3.8, 4) is 12.1 Å². The highest BCUT2D eigenvalue weighted by Crippen LogP contribution is 2.47. The average molecular weight is 546 g/mol. The van der Waals surface area contributed by atoms with E-state index in [0.29, 0.717) is 32.0 Å². The van der Waals surface area contributed by atoms with Gasteiger partial charge in [-0.2, -0.15) is 15.2 Å². The van der Waals surface area contributed by atoms with Crippen LogP contribution in [0, 0.1) is 11.3 Å². The van der Waals surface area contributed by atoms with Gasteiger partial charge >= 0.3 is 6.01 Å². The SMILES string of the molecule is CN1Cc2c(nc(OC[C@@]34CCCN3C[C@H](F)C4)nc2N2CCN[C@@H](CC#N)C2)CC12CCCc1ccccc12. The van der Waals surface area contributed by atoms with E-state index in [1.807, 2.05) is 0 Å². The molecule has 2 aromatic rings. The summed E-state index contributed by atoms with van der Waals surface area (Å²) in [5, 5.41) is 12.8. The van der Waals surface area contributed by atoms with Crippen molar-refractivity contribution >= 4 is 5.82 Å². The molecular formula is C31H40FN7O. The minimum absolute atomic E-state index is 0.0919. The van der Waals surface area contributed by atoms with E-state index in [-0.39, 0.29) is 17.1 Å². The van der Waals surface area contributed by atoms with Crippen molar-refractivity contribution in [2.24, 2.45) is 0 Å². The lowest BCUT2D eigenvalue weighted by Gasteiger charge is -2.49. The number of piperazine rings is 1. The number of nitrogens with zero attached hydrogens (tertiary/aromatic N) is 6. The average Bonchev–Trinajstić information content (AvgIpc) is 3.48. The van der Waals surface area contributed by atoms with Crippen molar-refractivity contribution in [1.29, 1.82) is 5.26 Å². The van der Waals surface area contributed by atoms with E-state index in [4.69, 9.17) is 14.7 Å². The predicted octanol–water partition coefficient (Wildman–Crippen LogP) is 3.34. The molecule has 40 heavy (non-hydrogen) atoms. The number of benzene rings is 1. The van der Waals surface area contributed by atoms with Crippen LogP contribution in [0.3, 0.4) is 0 Å². The van der Waals surface area contributed by atoms with Crippen LogP contribution >= 0.6 is 0 Å². The number of nitrogens with one attached hydrogen (secondary N) is 1. The Bertz CT molecular complexity index is 1320. The van der Waals surface area contributed by atoms with Gasteiger partial charge in [0.1, 0.15) is 18.6 Å². The molecule has 1 N–H and O–H groups in total. The number of halogens is 1. The summed E-state index contributed by atoms with van der Waals surface area (Å²) in [4.78, 5) is 17.3. The van der Waals surface area contributed by atoms with Crippen LogP contribution in [0.1, 0.15) is 60.9 Å². The second-order valence-corrected chi connectivity index (χ2v) is 12.7. The van der Waals surface area contributed by atoms with Gasteiger partial charge < -0.3 is 15.0 Å². The molecule has 1 aromatic heterocycles. The van der Waals surface area contributed by atoms with E-state index >= 15 is 0 Å². The molecule has 212 valence electrons. The summed E-state index contributed by atoms with van der Waals surface area (Å²) in [5.74, 6) is 0.936. The van der Waals surface area contributed by atoms with E-state index in [2.05, 4.69) is 57.4 Å². The van der Waals surface area contributed by atoms with E-state index in [0.717, 1.165) is 82.8 Å². The largest absolute Gasteiger partial charge is 0.461 e. The van der Waals surface area contributed by atoms with Gasteiger partial charge in [0.05, 0.1) is 29.3 Å². The Kier molecular flexibility index (Phi) is 6.68. The highest BCUT2D eigenvalue weighted by atomic mass is 19.1.